The summed E-state index contributed by atoms with van der Waals surface area (Å²) in [6.45, 7) is 4.50. The van der Waals surface area contributed by atoms with Gasteiger partial charge < -0.3 is 0 Å². The molecule has 0 aromatic heterocycles. The zero-order valence-electron chi connectivity index (χ0n) is 9.55. The number of rotatable bonds is 6. The topological polar surface area (TPSA) is 0 Å². The van der Waals surface area contributed by atoms with E-state index in [1.165, 1.54) is 49.7 Å². The first kappa shape index (κ1) is 11.3. The van der Waals surface area contributed by atoms with Crippen LogP contribution in [-0.4, -0.2) is 0 Å². The molecule has 0 saturated heterocycles. The molecule has 1 rings (SSSR count). The molecule has 0 nitrogen and oxygen atoms in total. The summed E-state index contributed by atoms with van der Waals surface area (Å²) in [6.07, 6.45) is 7.71. The molecule has 0 N–H and O–H groups in total. The molecule has 0 aliphatic carbocycles. The molecule has 0 radical (unpaired) electrons. The van der Waals surface area contributed by atoms with Crippen LogP contribution in [0.3, 0.4) is 0 Å². The van der Waals surface area contributed by atoms with Crippen LogP contribution in [0.5, 0.6) is 0 Å². The molecule has 0 heteroatoms. The highest BCUT2D eigenvalue weighted by Gasteiger charge is 1.95. The summed E-state index contributed by atoms with van der Waals surface area (Å²) in [7, 11) is 0. The summed E-state index contributed by atoms with van der Waals surface area (Å²) in [4.78, 5) is 0. The van der Waals surface area contributed by atoms with Crippen molar-refractivity contribution >= 4 is 0 Å². The van der Waals surface area contributed by atoms with Crippen molar-refractivity contribution < 1.29 is 0 Å². The molecule has 0 saturated carbocycles. The van der Waals surface area contributed by atoms with E-state index in [0.717, 1.165) is 0 Å². The maximum absolute atomic E-state index is 2.38. The number of hydrogen-bond acceptors (Lipinski definition) is 0. The lowest BCUT2D eigenvalue weighted by molar-refractivity contribution is 0.780. The Hall–Kier alpha value is -0.780. The summed E-state index contributed by atoms with van der Waals surface area (Å²) >= 11 is 0. The van der Waals surface area contributed by atoms with Gasteiger partial charge in [-0.3, -0.25) is 0 Å². The maximum Gasteiger partial charge on any atom is -0.0279 e. The molecule has 1 aromatic rings. The first-order valence-electron chi connectivity index (χ1n) is 5.94. The second-order valence-electron chi connectivity index (χ2n) is 4.03. The normalized spacial score (nSPS) is 10.4. The largest absolute Gasteiger partial charge is 0.0654 e. The molecule has 0 bridgehead atoms. The van der Waals surface area contributed by atoms with Crippen molar-refractivity contribution in [2.45, 2.75) is 52.4 Å². The van der Waals surface area contributed by atoms with E-state index in [9.17, 15) is 0 Å². The molecule has 78 valence electrons. The van der Waals surface area contributed by atoms with Gasteiger partial charge in [-0.25, -0.2) is 0 Å². The van der Waals surface area contributed by atoms with Crippen molar-refractivity contribution in [3.05, 3.63) is 35.4 Å². The highest BCUT2D eigenvalue weighted by Crippen LogP contribution is 2.11. The van der Waals surface area contributed by atoms with Gasteiger partial charge in [0.25, 0.3) is 0 Å². The van der Waals surface area contributed by atoms with Crippen LogP contribution in [0, 0.1) is 0 Å². The average Bonchev–Trinajstić information content (AvgIpc) is 2.24. The lowest BCUT2D eigenvalue weighted by Gasteiger charge is -2.04. The third-order valence-electron chi connectivity index (χ3n) is 2.63. The first-order chi connectivity index (χ1) is 6.86. The molecule has 0 amide bonds. The summed E-state index contributed by atoms with van der Waals surface area (Å²) in [6, 6.07) is 9.09. The van der Waals surface area contributed by atoms with Gasteiger partial charge in [0.15, 0.2) is 0 Å². The van der Waals surface area contributed by atoms with E-state index < -0.39 is 0 Å². The Labute approximate surface area is 88.4 Å². The van der Waals surface area contributed by atoms with Gasteiger partial charge in [-0.15, -0.1) is 0 Å². The SMILES string of the molecule is CCCCc1cccc(CCCC)c1. The van der Waals surface area contributed by atoms with Crippen LogP contribution >= 0.6 is 0 Å². The van der Waals surface area contributed by atoms with Gasteiger partial charge in [0.05, 0.1) is 0 Å². The fourth-order valence-corrected chi connectivity index (χ4v) is 1.70. The van der Waals surface area contributed by atoms with Crippen molar-refractivity contribution in [2.24, 2.45) is 0 Å². The fourth-order valence-electron chi connectivity index (χ4n) is 1.70. The number of hydrogen-bond donors (Lipinski definition) is 0. The van der Waals surface area contributed by atoms with Crippen LogP contribution in [0.25, 0.3) is 0 Å². The molecule has 0 aliphatic rings. The molecule has 0 aliphatic heterocycles. The van der Waals surface area contributed by atoms with E-state index in [4.69, 9.17) is 0 Å². The standard InChI is InChI=1S/C14H22/c1-3-5-8-13-10-7-11-14(12-13)9-6-4-2/h7,10-12H,3-6,8-9H2,1-2H3. The van der Waals surface area contributed by atoms with Crippen molar-refractivity contribution in [2.75, 3.05) is 0 Å². The molecular formula is C14H22. The van der Waals surface area contributed by atoms with Gasteiger partial charge in [0, 0.05) is 0 Å². The van der Waals surface area contributed by atoms with Gasteiger partial charge >= 0.3 is 0 Å². The lowest BCUT2D eigenvalue weighted by Crippen LogP contribution is -1.89. The lowest BCUT2D eigenvalue weighted by atomic mass is 10.0. The Bertz CT molecular complexity index is 227. The maximum atomic E-state index is 2.38. The van der Waals surface area contributed by atoms with E-state index in [-0.39, 0.29) is 0 Å². The van der Waals surface area contributed by atoms with Crippen molar-refractivity contribution in [1.82, 2.24) is 0 Å². The Balaban J connectivity index is 2.50. The van der Waals surface area contributed by atoms with Gasteiger partial charge in [-0.2, -0.15) is 0 Å². The van der Waals surface area contributed by atoms with Crippen LogP contribution in [0.4, 0.5) is 0 Å². The Kier molecular flexibility index (Phi) is 5.36. The predicted octanol–water partition coefficient (Wildman–Crippen LogP) is 4.37. The summed E-state index contributed by atoms with van der Waals surface area (Å²) in [5.41, 5.74) is 3.03. The van der Waals surface area contributed by atoms with Crippen LogP contribution < -0.4 is 0 Å². The fraction of sp³-hybridized carbons (Fsp3) is 0.571. The predicted molar refractivity (Wildman–Crippen MR) is 63.7 cm³/mol. The van der Waals surface area contributed by atoms with E-state index in [1.54, 1.807) is 0 Å². The average molecular weight is 190 g/mol. The van der Waals surface area contributed by atoms with E-state index in [0.29, 0.717) is 0 Å². The smallest absolute Gasteiger partial charge is 0.0279 e. The van der Waals surface area contributed by atoms with Gasteiger partial charge in [-0.1, -0.05) is 51.0 Å². The summed E-state index contributed by atoms with van der Waals surface area (Å²) in [5.74, 6) is 0. The molecule has 0 spiro atoms. The second kappa shape index (κ2) is 6.64. The quantitative estimate of drug-likeness (QED) is 0.624. The first-order valence-corrected chi connectivity index (χ1v) is 5.94. The Morgan fingerprint density at radius 1 is 0.857 bits per heavy atom. The van der Waals surface area contributed by atoms with Crippen molar-refractivity contribution in [3.63, 3.8) is 0 Å². The third kappa shape index (κ3) is 3.95. The van der Waals surface area contributed by atoms with Crippen LogP contribution in [0.15, 0.2) is 24.3 Å². The highest BCUT2D eigenvalue weighted by atomic mass is 14.0. The third-order valence-corrected chi connectivity index (χ3v) is 2.63. The zero-order valence-corrected chi connectivity index (χ0v) is 9.55. The zero-order chi connectivity index (χ0) is 10.2. The molecule has 0 unspecified atom stereocenters. The highest BCUT2D eigenvalue weighted by molar-refractivity contribution is 5.23. The van der Waals surface area contributed by atoms with Crippen molar-refractivity contribution in [1.29, 1.82) is 0 Å². The molecule has 1 aromatic carbocycles. The minimum absolute atomic E-state index is 1.25. The number of aryl methyl sites for hydroxylation is 2. The van der Waals surface area contributed by atoms with E-state index in [1.807, 2.05) is 0 Å². The Morgan fingerprint density at radius 2 is 1.36 bits per heavy atom. The number of benzene rings is 1. The van der Waals surface area contributed by atoms with Gasteiger partial charge in [-0.05, 0) is 36.8 Å². The van der Waals surface area contributed by atoms with Crippen LogP contribution in [0.1, 0.15) is 50.7 Å². The molecular weight excluding hydrogens is 168 g/mol. The van der Waals surface area contributed by atoms with Gasteiger partial charge in [0.2, 0.25) is 0 Å². The monoisotopic (exact) mass is 190 g/mol. The second-order valence-corrected chi connectivity index (χ2v) is 4.03. The van der Waals surface area contributed by atoms with Crippen molar-refractivity contribution in [3.8, 4) is 0 Å². The minimum Gasteiger partial charge on any atom is -0.0654 e. The van der Waals surface area contributed by atoms with Crippen LogP contribution in [-0.2, 0) is 12.8 Å². The minimum atomic E-state index is 1.25. The van der Waals surface area contributed by atoms with Crippen LogP contribution in [0.2, 0.25) is 0 Å². The molecule has 0 heterocycles. The molecule has 0 atom stereocenters. The van der Waals surface area contributed by atoms with E-state index >= 15 is 0 Å². The summed E-state index contributed by atoms with van der Waals surface area (Å²) in [5, 5.41) is 0. The Morgan fingerprint density at radius 3 is 1.79 bits per heavy atom. The van der Waals surface area contributed by atoms with E-state index in [2.05, 4.69) is 38.1 Å². The molecule has 0 fully saturated rings. The summed E-state index contributed by atoms with van der Waals surface area (Å²) < 4.78 is 0. The van der Waals surface area contributed by atoms with Gasteiger partial charge in [0.1, 0.15) is 0 Å². The number of unbranched alkanes of at least 4 members (excludes halogenated alkanes) is 2. The molecule has 14 heavy (non-hydrogen) atoms.